The average Bonchev–Trinajstić information content (AvgIpc) is 2.45. The van der Waals surface area contributed by atoms with Gasteiger partial charge >= 0.3 is 5.97 Å². The normalized spacial score (nSPS) is 11.1. The Bertz CT molecular complexity index is 646. The summed E-state index contributed by atoms with van der Waals surface area (Å²) in [5, 5.41) is 0. The van der Waals surface area contributed by atoms with Gasteiger partial charge in [-0.1, -0.05) is 6.58 Å². The van der Waals surface area contributed by atoms with Gasteiger partial charge in [0, 0.05) is 6.54 Å². The van der Waals surface area contributed by atoms with Crippen molar-refractivity contribution in [1.29, 1.82) is 0 Å². The van der Waals surface area contributed by atoms with Crippen molar-refractivity contribution in [2.24, 2.45) is 0 Å². The minimum Gasteiger partial charge on any atom is -0.497 e. The summed E-state index contributed by atoms with van der Waals surface area (Å²) in [6.07, 6.45) is 1.00. The fourth-order valence-corrected chi connectivity index (χ4v) is 3.52. The number of esters is 1. The van der Waals surface area contributed by atoms with E-state index < -0.39 is 16.0 Å². The van der Waals surface area contributed by atoms with Crippen LogP contribution in [0.1, 0.15) is 11.1 Å². The highest BCUT2D eigenvalue weighted by Crippen LogP contribution is 2.25. The SMILES string of the molecule is C=COC(=O)COCCNS(=O)(=O)c1c(C)cc(OC)cc1C. The van der Waals surface area contributed by atoms with E-state index in [4.69, 9.17) is 9.47 Å². The molecule has 128 valence electrons. The molecule has 0 atom stereocenters. The molecule has 0 saturated heterocycles. The molecule has 0 saturated carbocycles. The monoisotopic (exact) mass is 343 g/mol. The molecule has 0 fully saturated rings. The summed E-state index contributed by atoms with van der Waals surface area (Å²) >= 11 is 0. The molecule has 1 rings (SSSR count). The number of benzene rings is 1. The molecular formula is C15H21NO6S. The van der Waals surface area contributed by atoms with E-state index in [9.17, 15) is 13.2 Å². The summed E-state index contributed by atoms with van der Waals surface area (Å²) in [6.45, 7) is 6.45. The number of aryl methyl sites for hydroxylation is 2. The minimum absolute atomic E-state index is 0.0363. The summed E-state index contributed by atoms with van der Waals surface area (Å²) in [6, 6.07) is 3.31. The highest BCUT2D eigenvalue weighted by Gasteiger charge is 2.20. The Hall–Kier alpha value is -1.90. The van der Waals surface area contributed by atoms with Crippen LogP contribution in [-0.2, 0) is 24.3 Å². The Morgan fingerprint density at radius 3 is 2.43 bits per heavy atom. The predicted molar refractivity (Wildman–Crippen MR) is 84.8 cm³/mol. The van der Waals surface area contributed by atoms with Crippen molar-refractivity contribution in [2.75, 3.05) is 26.9 Å². The number of carbonyl (C=O) groups excluding carboxylic acids is 1. The fraction of sp³-hybridized carbons (Fsp3) is 0.400. The van der Waals surface area contributed by atoms with E-state index in [1.54, 1.807) is 26.0 Å². The lowest BCUT2D eigenvalue weighted by atomic mass is 10.1. The molecule has 0 unspecified atom stereocenters. The number of methoxy groups -OCH3 is 1. The van der Waals surface area contributed by atoms with E-state index in [1.165, 1.54) is 7.11 Å². The molecule has 0 spiro atoms. The van der Waals surface area contributed by atoms with Gasteiger partial charge in [0.25, 0.3) is 0 Å². The Kier molecular flexibility index (Phi) is 7.21. The molecule has 0 radical (unpaired) electrons. The van der Waals surface area contributed by atoms with Crippen LogP contribution in [0.2, 0.25) is 0 Å². The summed E-state index contributed by atoms with van der Waals surface area (Å²) in [4.78, 5) is 11.2. The van der Waals surface area contributed by atoms with Gasteiger partial charge in [-0.25, -0.2) is 17.9 Å². The first-order valence-corrected chi connectivity index (χ1v) is 8.33. The van der Waals surface area contributed by atoms with Crippen molar-refractivity contribution in [2.45, 2.75) is 18.7 Å². The molecule has 0 bridgehead atoms. The van der Waals surface area contributed by atoms with Crippen LogP contribution in [0.4, 0.5) is 0 Å². The van der Waals surface area contributed by atoms with E-state index in [-0.39, 0.29) is 24.7 Å². The van der Waals surface area contributed by atoms with E-state index in [0.29, 0.717) is 16.9 Å². The number of rotatable bonds is 9. The fourth-order valence-electron chi connectivity index (χ4n) is 2.06. The van der Waals surface area contributed by atoms with E-state index in [1.807, 2.05) is 0 Å². The number of hydrogen-bond donors (Lipinski definition) is 1. The first-order chi connectivity index (χ1) is 10.8. The average molecular weight is 343 g/mol. The molecule has 1 aromatic carbocycles. The first kappa shape index (κ1) is 19.1. The highest BCUT2D eigenvalue weighted by atomic mass is 32.2. The maximum Gasteiger partial charge on any atom is 0.336 e. The summed E-state index contributed by atoms with van der Waals surface area (Å²) in [5.41, 5.74) is 1.18. The number of carbonyl (C=O) groups is 1. The van der Waals surface area contributed by atoms with Crippen LogP contribution in [0.15, 0.2) is 29.9 Å². The van der Waals surface area contributed by atoms with Gasteiger partial charge in [0.05, 0.1) is 24.9 Å². The Labute approximate surface area is 136 Å². The second-order valence-corrected chi connectivity index (χ2v) is 6.40. The Balaban J connectivity index is 2.63. The Morgan fingerprint density at radius 2 is 1.91 bits per heavy atom. The molecule has 7 nitrogen and oxygen atoms in total. The number of ether oxygens (including phenoxy) is 3. The molecule has 1 N–H and O–H groups in total. The molecule has 0 aliphatic carbocycles. The predicted octanol–water partition coefficient (Wildman–Crippen LogP) is 1.29. The molecule has 0 heterocycles. The molecule has 0 amide bonds. The molecule has 1 aromatic rings. The van der Waals surface area contributed by atoms with Gasteiger partial charge in [0.1, 0.15) is 12.4 Å². The summed E-state index contributed by atoms with van der Waals surface area (Å²) < 4.78 is 41.7. The van der Waals surface area contributed by atoms with E-state index in [2.05, 4.69) is 16.0 Å². The quantitative estimate of drug-likeness (QED) is 0.413. The highest BCUT2D eigenvalue weighted by molar-refractivity contribution is 7.89. The largest absolute Gasteiger partial charge is 0.497 e. The molecular weight excluding hydrogens is 322 g/mol. The zero-order valence-corrected chi connectivity index (χ0v) is 14.2. The van der Waals surface area contributed by atoms with Gasteiger partial charge < -0.3 is 14.2 Å². The first-order valence-electron chi connectivity index (χ1n) is 6.85. The third-order valence-electron chi connectivity index (χ3n) is 2.91. The van der Waals surface area contributed by atoms with Crippen molar-refractivity contribution in [3.05, 3.63) is 36.1 Å². The molecule has 0 aromatic heterocycles. The zero-order chi connectivity index (χ0) is 17.5. The molecule has 0 aliphatic heterocycles. The van der Waals surface area contributed by atoms with Crippen LogP contribution in [-0.4, -0.2) is 41.3 Å². The van der Waals surface area contributed by atoms with Crippen molar-refractivity contribution in [1.82, 2.24) is 4.72 Å². The van der Waals surface area contributed by atoms with Crippen molar-refractivity contribution in [3.63, 3.8) is 0 Å². The van der Waals surface area contributed by atoms with Crippen LogP contribution in [0, 0.1) is 13.8 Å². The van der Waals surface area contributed by atoms with Gasteiger partial charge in [-0.3, -0.25) is 0 Å². The zero-order valence-electron chi connectivity index (χ0n) is 13.4. The van der Waals surface area contributed by atoms with E-state index >= 15 is 0 Å². The van der Waals surface area contributed by atoms with Crippen LogP contribution in [0.3, 0.4) is 0 Å². The Morgan fingerprint density at radius 1 is 1.30 bits per heavy atom. The van der Waals surface area contributed by atoms with Crippen LogP contribution >= 0.6 is 0 Å². The van der Waals surface area contributed by atoms with Gasteiger partial charge in [-0.15, -0.1) is 0 Å². The lowest BCUT2D eigenvalue weighted by Crippen LogP contribution is -2.29. The third-order valence-corrected chi connectivity index (χ3v) is 4.68. The molecule has 23 heavy (non-hydrogen) atoms. The second-order valence-electron chi connectivity index (χ2n) is 4.70. The van der Waals surface area contributed by atoms with Gasteiger partial charge in [0.15, 0.2) is 0 Å². The van der Waals surface area contributed by atoms with Gasteiger partial charge in [0.2, 0.25) is 10.0 Å². The van der Waals surface area contributed by atoms with Crippen molar-refractivity contribution in [3.8, 4) is 5.75 Å². The maximum absolute atomic E-state index is 12.4. The molecule has 0 aliphatic rings. The van der Waals surface area contributed by atoms with Crippen LogP contribution < -0.4 is 9.46 Å². The number of nitrogens with one attached hydrogen (secondary N) is 1. The second kappa shape index (κ2) is 8.66. The van der Waals surface area contributed by atoms with Crippen molar-refractivity contribution >= 4 is 16.0 Å². The van der Waals surface area contributed by atoms with Gasteiger partial charge in [-0.2, -0.15) is 0 Å². The molecule has 8 heteroatoms. The maximum atomic E-state index is 12.4. The van der Waals surface area contributed by atoms with Crippen LogP contribution in [0.25, 0.3) is 0 Å². The summed E-state index contributed by atoms with van der Waals surface area (Å²) in [7, 11) is -2.15. The lowest BCUT2D eigenvalue weighted by Gasteiger charge is -2.13. The standard InChI is InChI=1S/C15H21NO6S/c1-5-22-14(17)10-21-7-6-16-23(18,19)15-11(2)8-13(20-4)9-12(15)3/h5,8-9,16H,1,6-7,10H2,2-4H3. The van der Waals surface area contributed by atoms with Gasteiger partial charge in [-0.05, 0) is 37.1 Å². The van der Waals surface area contributed by atoms with E-state index in [0.717, 1.165) is 6.26 Å². The van der Waals surface area contributed by atoms with Crippen molar-refractivity contribution < 1.29 is 27.4 Å². The summed E-state index contributed by atoms with van der Waals surface area (Å²) in [5.74, 6) is 0.00714. The number of hydrogen-bond acceptors (Lipinski definition) is 6. The number of sulfonamides is 1. The topological polar surface area (TPSA) is 90.9 Å². The third kappa shape index (κ3) is 5.66. The smallest absolute Gasteiger partial charge is 0.336 e. The minimum atomic E-state index is -3.68. The lowest BCUT2D eigenvalue weighted by molar-refractivity contribution is -0.143. The van der Waals surface area contributed by atoms with Crippen LogP contribution in [0.5, 0.6) is 5.75 Å².